The predicted octanol–water partition coefficient (Wildman–Crippen LogP) is 0.866. The van der Waals surface area contributed by atoms with E-state index in [-0.39, 0.29) is 0 Å². The van der Waals surface area contributed by atoms with Gasteiger partial charge in [0.25, 0.3) is 0 Å². The van der Waals surface area contributed by atoms with E-state index in [2.05, 4.69) is 18.2 Å². The van der Waals surface area contributed by atoms with Gasteiger partial charge < -0.3 is 5.73 Å². The van der Waals surface area contributed by atoms with Crippen LogP contribution in [-0.4, -0.2) is 16.3 Å². The first kappa shape index (κ1) is 9.26. The SMILES string of the molecule is Cc1nn(C)cc1CC(C)CN. The molecule has 0 aliphatic rings. The summed E-state index contributed by atoms with van der Waals surface area (Å²) in [4.78, 5) is 0. The average molecular weight is 167 g/mol. The van der Waals surface area contributed by atoms with E-state index in [1.807, 2.05) is 18.7 Å². The van der Waals surface area contributed by atoms with E-state index in [1.54, 1.807) is 0 Å². The van der Waals surface area contributed by atoms with E-state index in [0.717, 1.165) is 18.7 Å². The van der Waals surface area contributed by atoms with Crippen LogP contribution >= 0.6 is 0 Å². The van der Waals surface area contributed by atoms with Crippen molar-refractivity contribution in [2.75, 3.05) is 6.54 Å². The summed E-state index contributed by atoms with van der Waals surface area (Å²) in [6.45, 7) is 4.94. The molecule has 0 saturated carbocycles. The van der Waals surface area contributed by atoms with Crippen molar-refractivity contribution in [1.82, 2.24) is 9.78 Å². The zero-order chi connectivity index (χ0) is 9.14. The quantitative estimate of drug-likeness (QED) is 0.725. The van der Waals surface area contributed by atoms with Crippen LogP contribution < -0.4 is 5.73 Å². The number of hydrogen-bond donors (Lipinski definition) is 1. The summed E-state index contributed by atoms with van der Waals surface area (Å²) in [6, 6.07) is 0. The first-order chi connectivity index (χ1) is 5.63. The highest BCUT2D eigenvalue weighted by molar-refractivity contribution is 5.15. The molecular formula is C9H17N3. The van der Waals surface area contributed by atoms with E-state index in [1.165, 1.54) is 5.56 Å². The largest absolute Gasteiger partial charge is 0.330 e. The Morgan fingerprint density at radius 2 is 2.33 bits per heavy atom. The molecule has 3 nitrogen and oxygen atoms in total. The fourth-order valence-corrected chi connectivity index (χ4v) is 1.31. The molecular weight excluding hydrogens is 150 g/mol. The average Bonchev–Trinajstić information content (AvgIpc) is 2.30. The van der Waals surface area contributed by atoms with Gasteiger partial charge in [0.05, 0.1) is 5.69 Å². The second-order valence-electron chi connectivity index (χ2n) is 3.46. The Labute approximate surface area is 73.6 Å². The van der Waals surface area contributed by atoms with Gasteiger partial charge in [-0.1, -0.05) is 6.92 Å². The maximum absolute atomic E-state index is 5.55. The lowest BCUT2D eigenvalue weighted by molar-refractivity contribution is 0.591. The van der Waals surface area contributed by atoms with Crippen LogP contribution in [0.15, 0.2) is 6.20 Å². The minimum Gasteiger partial charge on any atom is -0.330 e. The molecule has 0 spiro atoms. The lowest BCUT2D eigenvalue weighted by Crippen LogP contribution is -2.13. The summed E-state index contributed by atoms with van der Waals surface area (Å²) in [6.07, 6.45) is 3.11. The molecule has 0 aliphatic carbocycles. The fourth-order valence-electron chi connectivity index (χ4n) is 1.31. The van der Waals surface area contributed by atoms with Gasteiger partial charge >= 0.3 is 0 Å². The number of aryl methyl sites for hydroxylation is 2. The number of hydrogen-bond acceptors (Lipinski definition) is 2. The fraction of sp³-hybridized carbons (Fsp3) is 0.667. The Bertz CT molecular complexity index is 252. The Hall–Kier alpha value is -0.830. The standard InChI is InChI=1S/C9H17N3/c1-7(5-10)4-9-6-12(3)11-8(9)2/h6-7H,4-5,10H2,1-3H3. The Kier molecular flexibility index (Phi) is 2.87. The normalized spacial score (nSPS) is 13.3. The van der Waals surface area contributed by atoms with Crippen LogP contribution in [0.25, 0.3) is 0 Å². The number of nitrogens with zero attached hydrogens (tertiary/aromatic N) is 2. The van der Waals surface area contributed by atoms with Crippen molar-refractivity contribution in [2.45, 2.75) is 20.3 Å². The minimum atomic E-state index is 0.549. The third kappa shape index (κ3) is 2.08. The van der Waals surface area contributed by atoms with E-state index in [9.17, 15) is 0 Å². The van der Waals surface area contributed by atoms with Crippen molar-refractivity contribution in [2.24, 2.45) is 18.7 Å². The molecule has 1 aromatic heterocycles. The molecule has 1 heterocycles. The van der Waals surface area contributed by atoms with Gasteiger partial charge in [0.2, 0.25) is 0 Å². The van der Waals surface area contributed by atoms with Crippen molar-refractivity contribution < 1.29 is 0 Å². The summed E-state index contributed by atoms with van der Waals surface area (Å²) < 4.78 is 1.86. The van der Waals surface area contributed by atoms with Gasteiger partial charge in [-0.25, -0.2) is 0 Å². The van der Waals surface area contributed by atoms with Crippen LogP contribution in [0.5, 0.6) is 0 Å². The highest BCUT2D eigenvalue weighted by Crippen LogP contribution is 2.10. The van der Waals surface area contributed by atoms with Crippen LogP contribution in [-0.2, 0) is 13.5 Å². The summed E-state index contributed by atoms with van der Waals surface area (Å²) in [7, 11) is 1.95. The lowest BCUT2D eigenvalue weighted by Gasteiger charge is -2.05. The molecule has 1 atom stereocenters. The third-order valence-electron chi connectivity index (χ3n) is 2.09. The zero-order valence-electron chi connectivity index (χ0n) is 8.04. The number of rotatable bonds is 3. The molecule has 0 fully saturated rings. The highest BCUT2D eigenvalue weighted by Gasteiger charge is 2.06. The van der Waals surface area contributed by atoms with Gasteiger partial charge in [0.15, 0.2) is 0 Å². The van der Waals surface area contributed by atoms with Crippen LogP contribution in [0.1, 0.15) is 18.2 Å². The molecule has 1 aromatic rings. The van der Waals surface area contributed by atoms with Crippen LogP contribution in [0.4, 0.5) is 0 Å². The van der Waals surface area contributed by atoms with E-state index >= 15 is 0 Å². The smallest absolute Gasteiger partial charge is 0.0625 e. The van der Waals surface area contributed by atoms with Crippen LogP contribution in [0.3, 0.4) is 0 Å². The van der Waals surface area contributed by atoms with Crippen molar-refractivity contribution in [3.8, 4) is 0 Å². The molecule has 0 radical (unpaired) electrons. The minimum absolute atomic E-state index is 0.549. The number of aromatic nitrogens is 2. The molecule has 3 heteroatoms. The molecule has 0 aliphatic heterocycles. The summed E-state index contributed by atoms with van der Waals surface area (Å²) in [5.41, 5.74) is 7.99. The van der Waals surface area contributed by atoms with Crippen molar-refractivity contribution in [3.05, 3.63) is 17.5 Å². The Morgan fingerprint density at radius 1 is 1.67 bits per heavy atom. The maximum Gasteiger partial charge on any atom is 0.0625 e. The van der Waals surface area contributed by atoms with Gasteiger partial charge in [-0.2, -0.15) is 5.10 Å². The van der Waals surface area contributed by atoms with Gasteiger partial charge in [0.1, 0.15) is 0 Å². The third-order valence-corrected chi connectivity index (χ3v) is 2.09. The maximum atomic E-state index is 5.55. The lowest BCUT2D eigenvalue weighted by atomic mass is 10.0. The molecule has 0 bridgehead atoms. The van der Waals surface area contributed by atoms with E-state index in [0.29, 0.717) is 5.92 Å². The molecule has 68 valence electrons. The van der Waals surface area contributed by atoms with Crippen LogP contribution in [0.2, 0.25) is 0 Å². The predicted molar refractivity (Wildman–Crippen MR) is 49.9 cm³/mol. The second-order valence-corrected chi connectivity index (χ2v) is 3.46. The summed E-state index contributed by atoms with van der Waals surface area (Å²) >= 11 is 0. The number of nitrogens with two attached hydrogens (primary N) is 1. The molecule has 0 aromatic carbocycles. The second kappa shape index (κ2) is 3.72. The molecule has 2 N–H and O–H groups in total. The van der Waals surface area contributed by atoms with Gasteiger partial charge in [0, 0.05) is 13.2 Å². The molecule has 0 amide bonds. The molecule has 1 rings (SSSR count). The molecule has 0 saturated heterocycles. The van der Waals surface area contributed by atoms with Gasteiger partial charge in [-0.3, -0.25) is 4.68 Å². The van der Waals surface area contributed by atoms with Gasteiger partial charge in [-0.05, 0) is 31.4 Å². The van der Waals surface area contributed by atoms with E-state index in [4.69, 9.17) is 5.73 Å². The summed E-state index contributed by atoms with van der Waals surface area (Å²) in [5.74, 6) is 0.549. The Balaban J connectivity index is 2.68. The topological polar surface area (TPSA) is 43.8 Å². The van der Waals surface area contributed by atoms with Crippen molar-refractivity contribution in [3.63, 3.8) is 0 Å². The highest BCUT2D eigenvalue weighted by atomic mass is 15.2. The first-order valence-electron chi connectivity index (χ1n) is 4.32. The molecule has 12 heavy (non-hydrogen) atoms. The van der Waals surface area contributed by atoms with Crippen molar-refractivity contribution >= 4 is 0 Å². The van der Waals surface area contributed by atoms with Crippen molar-refractivity contribution in [1.29, 1.82) is 0 Å². The monoisotopic (exact) mass is 167 g/mol. The van der Waals surface area contributed by atoms with Crippen LogP contribution in [0, 0.1) is 12.8 Å². The Morgan fingerprint density at radius 3 is 2.75 bits per heavy atom. The first-order valence-corrected chi connectivity index (χ1v) is 4.32. The zero-order valence-corrected chi connectivity index (χ0v) is 8.04. The summed E-state index contributed by atoms with van der Waals surface area (Å²) in [5, 5.41) is 4.27. The van der Waals surface area contributed by atoms with E-state index < -0.39 is 0 Å². The molecule has 1 unspecified atom stereocenters. The van der Waals surface area contributed by atoms with Gasteiger partial charge in [-0.15, -0.1) is 0 Å².